The van der Waals surface area contributed by atoms with Crippen molar-refractivity contribution in [3.8, 4) is 11.4 Å². The number of anilines is 1. The number of carbonyl (C=O) groups excluding carboxylic acids is 1. The van der Waals surface area contributed by atoms with E-state index in [1.54, 1.807) is 11.0 Å². The quantitative estimate of drug-likeness (QED) is 0.930. The highest BCUT2D eigenvalue weighted by molar-refractivity contribution is 5.89. The van der Waals surface area contributed by atoms with Crippen molar-refractivity contribution in [3.05, 3.63) is 30.6 Å². The SMILES string of the molecule is Cn1cnc(-c2ccc(NC(=O)N3CC[C@@H]([C@H]4CCOC4)C3)cc2)n1. The van der Waals surface area contributed by atoms with E-state index in [2.05, 4.69) is 15.4 Å². The molecule has 2 saturated heterocycles. The van der Waals surface area contributed by atoms with Crippen molar-refractivity contribution in [1.82, 2.24) is 19.7 Å². The van der Waals surface area contributed by atoms with Crippen LogP contribution in [0.15, 0.2) is 30.6 Å². The van der Waals surface area contributed by atoms with Crippen LogP contribution in [0.25, 0.3) is 11.4 Å². The fourth-order valence-corrected chi connectivity index (χ4v) is 3.66. The second kappa shape index (κ2) is 6.84. The molecule has 0 unspecified atom stereocenters. The van der Waals surface area contributed by atoms with Gasteiger partial charge in [0.25, 0.3) is 0 Å². The average molecular weight is 341 g/mol. The summed E-state index contributed by atoms with van der Waals surface area (Å²) in [5.41, 5.74) is 1.72. The molecule has 0 saturated carbocycles. The number of benzene rings is 1. The first-order valence-electron chi connectivity index (χ1n) is 8.79. The number of hydrogen-bond donors (Lipinski definition) is 1. The number of amides is 2. The maximum Gasteiger partial charge on any atom is 0.321 e. The van der Waals surface area contributed by atoms with E-state index in [1.807, 2.05) is 36.2 Å². The Kier molecular flexibility index (Phi) is 4.40. The van der Waals surface area contributed by atoms with E-state index in [1.165, 1.54) is 0 Å². The summed E-state index contributed by atoms with van der Waals surface area (Å²) in [7, 11) is 1.84. The third-order valence-corrected chi connectivity index (χ3v) is 5.14. The molecular weight excluding hydrogens is 318 g/mol. The van der Waals surface area contributed by atoms with E-state index in [0.29, 0.717) is 17.7 Å². The van der Waals surface area contributed by atoms with Crippen LogP contribution in [0.3, 0.4) is 0 Å². The van der Waals surface area contributed by atoms with Crippen molar-refractivity contribution in [2.75, 3.05) is 31.6 Å². The van der Waals surface area contributed by atoms with Crippen LogP contribution in [0.2, 0.25) is 0 Å². The van der Waals surface area contributed by atoms with Gasteiger partial charge < -0.3 is 15.0 Å². The molecule has 0 bridgehead atoms. The Bertz CT molecular complexity index is 736. The summed E-state index contributed by atoms with van der Waals surface area (Å²) in [6.45, 7) is 3.37. The van der Waals surface area contributed by atoms with Crippen LogP contribution in [-0.2, 0) is 11.8 Å². The van der Waals surface area contributed by atoms with Gasteiger partial charge in [-0.25, -0.2) is 9.78 Å². The molecule has 2 atom stereocenters. The normalized spacial score (nSPS) is 23.2. The first-order chi connectivity index (χ1) is 12.2. The zero-order chi connectivity index (χ0) is 17.2. The van der Waals surface area contributed by atoms with Crippen molar-refractivity contribution < 1.29 is 9.53 Å². The van der Waals surface area contributed by atoms with Crippen LogP contribution in [0.4, 0.5) is 10.5 Å². The monoisotopic (exact) mass is 341 g/mol. The number of likely N-dealkylation sites (tertiary alicyclic amines) is 1. The zero-order valence-electron chi connectivity index (χ0n) is 14.4. The molecule has 25 heavy (non-hydrogen) atoms. The first kappa shape index (κ1) is 16.1. The smallest absolute Gasteiger partial charge is 0.321 e. The van der Waals surface area contributed by atoms with Gasteiger partial charge in [-0.2, -0.15) is 5.10 Å². The number of hydrogen-bond acceptors (Lipinski definition) is 4. The third kappa shape index (κ3) is 3.51. The summed E-state index contributed by atoms with van der Waals surface area (Å²) in [6, 6.07) is 7.61. The molecule has 0 radical (unpaired) electrons. The van der Waals surface area contributed by atoms with Gasteiger partial charge in [0.15, 0.2) is 5.82 Å². The Labute approximate surface area is 147 Å². The number of urea groups is 1. The van der Waals surface area contributed by atoms with Crippen molar-refractivity contribution in [3.63, 3.8) is 0 Å². The van der Waals surface area contributed by atoms with Gasteiger partial charge in [-0.1, -0.05) is 0 Å². The van der Waals surface area contributed by atoms with E-state index in [0.717, 1.165) is 50.4 Å². The fourth-order valence-electron chi connectivity index (χ4n) is 3.66. The molecule has 2 aliphatic heterocycles. The minimum absolute atomic E-state index is 0.0230. The van der Waals surface area contributed by atoms with Crippen LogP contribution in [-0.4, -0.2) is 52.0 Å². The second-order valence-corrected chi connectivity index (χ2v) is 6.87. The maximum atomic E-state index is 12.5. The molecule has 3 heterocycles. The van der Waals surface area contributed by atoms with E-state index in [4.69, 9.17) is 4.74 Å². The van der Waals surface area contributed by atoms with Crippen LogP contribution in [0.5, 0.6) is 0 Å². The Morgan fingerprint density at radius 3 is 2.76 bits per heavy atom. The van der Waals surface area contributed by atoms with Gasteiger partial charge >= 0.3 is 6.03 Å². The molecule has 2 amide bonds. The molecule has 2 aromatic rings. The van der Waals surface area contributed by atoms with E-state index < -0.39 is 0 Å². The van der Waals surface area contributed by atoms with Crippen LogP contribution in [0.1, 0.15) is 12.8 Å². The molecule has 0 aliphatic carbocycles. The lowest BCUT2D eigenvalue weighted by Crippen LogP contribution is -2.33. The lowest BCUT2D eigenvalue weighted by Gasteiger charge is -2.19. The van der Waals surface area contributed by atoms with Gasteiger partial charge in [-0.05, 0) is 48.9 Å². The lowest BCUT2D eigenvalue weighted by molar-refractivity contribution is 0.171. The molecular formula is C18H23N5O2. The molecule has 2 aliphatic rings. The molecule has 4 rings (SSSR count). The van der Waals surface area contributed by atoms with Gasteiger partial charge in [0.1, 0.15) is 6.33 Å². The minimum atomic E-state index is -0.0230. The summed E-state index contributed by atoms with van der Waals surface area (Å²) in [5.74, 6) is 1.87. The zero-order valence-corrected chi connectivity index (χ0v) is 14.4. The van der Waals surface area contributed by atoms with E-state index in [9.17, 15) is 4.79 Å². The molecule has 1 aromatic carbocycles. The average Bonchev–Trinajstić information content (AvgIpc) is 3.36. The van der Waals surface area contributed by atoms with Gasteiger partial charge in [-0.3, -0.25) is 4.68 Å². The molecule has 7 heteroatoms. The summed E-state index contributed by atoms with van der Waals surface area (Å²) in [4.78, 5) is 18.6. The topological polar surface area (TPSA) is 72.3 Å². The van der Waals surface area contributed by atoms with Crippen molar-refractivity contribution in [2.45, 2.75) is 12.8 Å². The van der Waals surface area contributed by atoms with E-state index >= 15 is 0 Å². The Morgan fingerprint density at radius 1 is 1.24 bits per heavy atom. The van der Waals surface area contributed by atoms with Gasteiger partial charge in [0.05, 0.1) is 0 Å². The second-order valence-electron chi connectivity index (χ2n) is 6.87. The van der Waals surface area contributed by atoms with Crippen LogP contribution >= 0.6 is 0 Å². The molecule has 7 nitrogen and oxygen atoms in total. The highest BCUT2D eigenvalue weighted by Gasteiger charge is 2.33. The standard InChI is InChI=1S/C18H23N5O2/c1-22-12-19-17(21-22)13-2-4-16(5-3-13)20-18(24)23-8-6-14(10-23)15-7-9-25-11-15/h2-5,12,14-15H,6-11H2,1H3,(H,20,24)/t14-,15+/m1/s1. The highest BCUT2D eigenvalue weighted by atomic mass is 16.5. The third-order valence-electron chi connectivity index (χ3n) is 5.14. The van der Waals surface area contributed by atoms with Gasteiger partial charge in [0, 0.05) is 44.6 Å². The largest absolute Gasteiger partial charge is 0.381 e. The maximum absolute atomic E-state index is 12.5. The molecule has 1 aromatic heterocycles. The Hall–Kier alpha value is -2.41. The molecule has 132 valence electrons. The summed E-state index contributed by atoms with van der Waals surface area (Å²) >= 11 is 0. The number of carbonyl (C=O) groups is 1. The number of aryl methyl sites for hydroxylation is 1. The Morgan fingerprint density at radius 2 is 2.08 bits per heavy atom. The van der Waals surface area contributed by atoms with Gasteiger partial charge in [-0.15, -0.1) is 0 Å². The molecule has 1 N–H and O–H groups in total. The summed E-state index contributed by atoms with van der Waals surface area (Å²) < 4.78 is 7.15. The van der Waals surface area contributed by atoms with Crippen molar-refractivity contribution >= 4 is 11.7 Å². The lowest BCUT2D eigenvalue weighted by atomic mass is 9.91. The van der Waals surface area contributed by atoms with Crippen molar-refractivity contribution in [1.29, 1.82) is 0 Å². The number of nitrogens with one attached hydrogen (secondary N) is 1. The fraction of sp³-hybridized carbons (Fsp3) is 0.500. The summed E-state index contributed by atoms with van der Waals surface area (Å²) in [6.07, 6.45) is 3.87. The van der Waals surface area contributed by atoms with Crippen LogP contribution < -0.4 is 5.32 Å². The number of aromatic nitrogens is 3. The number of ether oxygens (including phenoxy) is 1. The predicted molar refractivity (Wildman–Crippen MR) is 94.1 cm³/mol. The van der Waals surface area contributed by atoms with E-state index in [-0.39, 0.29) is 6.03 Å². The first-order valence-corrected chi connectivity index (χ1v) is 8.79. The highest BCUT2D eigenvalue weighted by Crippen LogP contribution is 2.30. The van der Waals surface area contributed by atoms with Crippen LogP contribution in [0, 0.1) is 11.8 Å². The number of rotatable bonds is 3. The van der Waals surface area contributed by atoms with Crippen molar-refractivity contribution in [2.24, 2.45) is 18.9 Å². The molecule has 2 fully saturated rings. The predicted octanol–water partition coefficient (Wildman–Crippen LogP) is 2.37. The Balaban J connectivity index is 1.35. The molecule has 0 spiro atoms. The van der Waals surface area contributed by atoms with Gasteiger partial charge in [0.2, 0.25) is 0 Å². The number of nitrogens with zero attached hydrogens (tertiary/aromatic N) is 4. The minimum Gasteiger partial charge on any atom is -0.381 e. The summed E-state index contributed by atoms with van der Waals surface area (Å²) in [5, 5.41) is 7.27.